The van der Waals surface area contributed by atoms with E-state index in [1.165, 1.54) is 0 Å². The van der Waals surface area contributed by atoms with E-state index in [1.807, 2.05) is 0 Å². The molecule has 0 radical (unpaired) electrons. The van der Waals surface area contributed by atoms with Crippen LogP contribution in [0, 0.1) is 0 Å². The molecule has 0 aliphatic carbocycles. The van der Waals surface area contributed by atoms with Crippen LogP contribution >= 0.6 is 12.2 Å². The summed E-state index contributed by atoms with van der Waals surface area (Å²) >= 11 is 4.88. The molecule has 1 saturated heterocycles. The number of aromatic nitrogens is 2. The maximum Gasteiger partial charge on any atom is 0.147 e. The van der Waals surface area contributed by atoms with Gasteiger partial charge < -0.3 is 15.5 Å². The van der Waals surface area contributed by atoms with Crippen molar-refractivity contribution in [3.05, 3.63) is 18.1 Å². The number of nitrogens with two attached hydrogens (primary N) is 1. The van der Waals surface area contributed by atoms with Crippen LogP contribution in [0.4, 0.5) is 5.82 Å². The smallest absolute Gasteiger partial charge is 0.147 e. The normalized spacial score (nSPS) is 21.7. The molecule has 2 heterocycles. The maximum absolute atomic E-state index is 5.52. The van der Waals surface area contributed by atoms with Crippen LogP contribution in [0.25, 0.3) is 0 Å². The fraction of sp³-hybridized carbons (Fsp3) is 0.583. The third kappa shape index (κ3) is 2.94. The molecule has 0 aromatic carbocycles. The molecule has 1 unspecified atom stereocenters. The summed E-state index contributed by atoms with van der Waals surface area (Å²) in [6, 6.07) is 0.433. The Kier molecular flexibility index (Phi) is 4.08. The zero-order chi connectivity index (χ0) is 13.1. The monoisotopic (exact) mass is 265 g/mol. The second-order valence-corrected chi connectivity index (χ2v) is 5.22. The van der Waals surface area contributed by atoms with Crippen LogP contribution in [-0.2, 0) is 0 Å². The van der Waals surface area contributed by atoms with Crippen LogP contribution in [0.15, 0.2) is 12.4 Å². The lowest BCUT2D eigenvalue weighted by atomic mass is 10.3. The predicted molar refractivity (Wildman–Crippen MR) is 76.8 cm³/mol. The Morgan fingerprint density at radius 3 is 2.78 bits per heavy atom. The van der Waals surface area contributed by atoms with Gasteiger partial charge in [0.1, 0.15) is 16.5 Å². The molecule has 1 aromatic heterocycles. The van der Waals surface area contributed by atoms with Crippen molar-refractivity contribution >= 4 is 23.0 Å². The van der Waals surface area contributed by atoms with E-state index in [1.54, 1.807) is 12.4 Å². The van der Waals surface area contributed by atoms with Crippen molar-refractivity contribution in [3.63, 3.8) is 0 Å². The van der Waals surface area contributed by atoms with Gasteiger partial charge in [-0.2, -0.15) is 0 Å². The van der Waals surface area contributed by atoms with Gasteiger partial charge in [-0.3, -0.25) is 0 Å². The van der Waals surface area contributed by atoms with Crippen LogP contribution < -0.4 is 10.6 Å². The Balaban J connectivity index is 2.16. The van der Waals surface area contributed by atoms with Crippen molar-refractivity contribution < 1.29 is 0 Å². The van der Waals surface area contributed by atoms with Crippen molar-refractivity contribution in [1.29, 1.82) is 0 Å². The molecule has 1 aliphatic heterocycles. The van der Waals surface area contributed by atoms with Crippen LogP contribution in [-0.4, -0.2) is 52.6 Å². The van der Waals surface area contributed by atoms with Crippen molar-refractivity contribution in [3.8, 4) is 0 Å². The Morgan fingerprint density at radius 2 is 2.17 bits per heavy atom. The lowest BCUT2D eigenvalue weighted by Crippen LogP contribution is -2.38. The number of rotatable bonds is 2. The molecule has 98 valence electrons. The van der Waals surface area contributed by atoms with E-state index in [0.717, 1.165) is 31.9 Å². The lowest BCUT2D eigenvalue weighted by molar-refractivity contribution is 0.337. The number of thiocarbonyl (C=S) groups is 1. The van der Waals surface area contributed by atoms with E-state index < -0.39 is 0 Å². The Labute approximate surface area is 113 Å². The van der Waals surface area contributed by atoms with Gasteiger partial charge >= 0.3 is 0 Å². The number of anilines is 1. The second kappa shape index (κ2) is 5.58. The highest BCUT2D eigenvalue weighted by atomic mass is 32.1. The number of hydrogen-bond acceptors (Lipinski definition) is 5. The highest BCUT2D eigenvalue weighted by molar-refractivity contribution is 7.80. The number of likely N-dealkylation sites (N-methyl/N-ethyl adjacent to an activating group) is 1. The topological polar surface area (TPSA) is 58.3 Å². The third-order valence-electron chi connectivity index (χ3n) is 3.23. The first-order valence-corrected chi connectivity index (χ1v) is 6.56. The summed E-state index contributed by atoms with van der Waals surface area (Å²) in [6.45, 7) is 5.38. The zero-order valence-corrected chi connectivity index (χ0v) is 11.7. The molecule has 2 rings (SSSR count). The van der Waals surface area contributed by atoms with E-state index in [4.69, 9.17) is 18.0 Å². The molecular formula is C12H19N5S. The van der Waals surface area contributed by atoms with E-state index in [0.29, 0.717) is 11.7 Å². The molecule has 5 nitrogen and oxygen atoms in total. The van der Waals surface area contributed by atoms with E-state index >= 15 is 0 Å². The van der Waals surface area contributed by atoms with Crippen molar-refractivity contribution in [2.45, 2.75) is 19.4 Å². The first kappa shape index (κ1) is 13.2. The summed E-state index contributed by atoms with van der Waals surface area (Å²) in [5, 5.41) is 0. The van der Waals surface area contributed by atoms with Crippen molar-refractivity contribution in [2.75, 3.05) is 31.6 Å². The molecule has 0 saturated carbocycles. The van der Waals surface area contributed by atoms with E-state index in [2.05, 4.69) is 33.7 Å². The highest BCUT2D eigenvalue weighted by Crippen LogP contribution is 2.16. The Bertz CT molecular complexity index is 419. The summed E-state index contributed by atoms with van der Waals surface area (Å²) in [7, 11) is 2.15. The quantitative estimate of drug-likeness (QED) is 0.792. The predicted octanol–water partition coefficient (Wildman–Crippen LogP) is 0.641. The average Bonchev–Trinajstić information content (AvgIpc) is 2.50. The SMILES string of the molecule is CC1CN(C)CCCN1c1cnc(C(N)=S)cn1. The van der Waals surface area contributed by atoms with Gasteiger partial charge in [0.2, 0.25) is 0 Å². The van der Waals surface area contributed by atoms with Crippen LogP contribution in [0.2, 0.25) is 0 Å². The summed E-state index contributed by atoms with van der Waals surface area (Å²) in [4.78, 5) is 13.6. The molecule has 1 aliphatic rings. The molecule has 18 heavy (non-hydrogen) atoms. The van der Waals surface area contributed by atoms with Gasteiger partial charge in [0.15, 0.2) is 0 Å². The number of nitrogens with zero attached hydrogens (tertiary/aromatic N) is 4. The summed E-state index contributed by atoms with van der Waals surface area (Å²) in [5.74, 6) is 0.901. The van der Waals surface area contributed by atoms with Gasteiger partial charge in [-0.25, -0.2) is 9.97 Å². The van der Waals surface area contributed by atoms with Crippen molar-refractivity contribution in [1.82, 2.24) is 14.9 Å². The minimum Gasteiger partial charge on any atom is -0.388 e. The van der Waals surface area contributed by atoms with Gasteiger partial charge in [0.25, 0.3) is 0 Å². The van der Waals surface area contributed by atoms with Gasteiger partial charge in [0.05, 0.1) is 12.4 Å². The van der Waals surface area contributed by atoms with Gasteiger partial charge in [-0.05, 0) is 26.9 Å². The fourth-order valence-electron chi connectivity index (χ4n) is 2.31. The lowest BCUT2D eigenvalue weighted by Gasteiger charge is -2.28. The van der Waals surface area contributed by atoms with Crippen LogP contribution in [0.1, 0.15) is 19.0 Å². The summed E-state index contributed by atoms with van der Waals surface area (Å²) < 4.78 is 0. The molecule has 6 heteroatoms. The molecule has 1 atom stereocenters. The fourth-order valence-corrected chi connectivity index (χ4v) is 2.41. The minimum atomic E-state index is 0.290. The first-order chi connectivity index (χ1) is 8.58. The molecule has 0 bridgehead atoms. The van der Waals surface area contributed by atoms with Gasteiger partial charge in [0, 0.05) is 19.1 Å². The largest absolute Gasteiger partial charge is 0.388 e. The zero-order valence-electron chi connectivity index (χ0n) is 10.8. The van der Waals surface area contributed by atoms with Crippen LogP contribution in [0.5, 0.6) is 0 Å². The van der Waals surface area contributed by atoms with Crippen LogP contribution in [0.3, 0.4) is 0 Å². The second-order valence-electron chi connectivity index (χ2n) is 4.78. The molecule has 1 fully saturated rings. The molecular weight excluding hydrogens is 246 g/mol. The maximum atomic E-state index is 5.52. The summed E-state index contributed by atoms with van der Waals surface area (Å²) in [6.07, 6.45) is 4.55. The Hall–Kier alpha value is -1.27. The average molecular weight is 265 g/mol. The summed E-state index contributed by atoms with van der Waals surface area (Å²) in [5.41, 5.74) is 6.10. The third-order valence-corrected chi connectivity index (χ3v) is 3.44. The minimum absolute atomic E-state index is 0.290. The highest BCUT2D eigenvalue weighted by Gasteiger charge is 2.20. The number of hydrogen-bond donors (Lipinski definition) is 1. The van der Waals surface area contributed by atoms with Gasteiger partial charge in [-0.1, -0.05) is 12.2 Å². The van der Waals surface area contributed by atoms with Gasteiger partial charge in [-0.15, -0.1) is 0 Å². The van der Waals surface area contributed by atoms with Crippen molar-refractivity contribution in [2.24, 2.45) is 5.73 Å². The first-order valence-electron chi connectivity index (χ1n) is 6.15. The van der Waals surface area contributed by atoms with E-state index in [9.17, 15) is 0 Å². The Morgan fingerprint density at radius 1 is 1.39 bits per heavy atom. The molecule has 2 N–H and O–H groups in total. The molecule has 1 aromatic rings. The van der Waals surface area contributed by atoms with E-state index in [-0.39, 0.29) is 4.99 Å². The molecule has 0 amide bonds. The standard InChI is InChI=1S/C12H19N5S/c1-9-8-16(2)4-3-5-17(9)11-7-14-10(6-15-11)12(13)18/h6-7,9H,3-5,8H2,1-2H3,(H2,13,18). The molecule has 0 spiro atoms.